The number of nitriles is 1. The van der Waals surface area contributed by atoms with Crippen LogP contribution in [0.5, 0.6) is 0 Å². The number of fused-ring (bicyclic) bond motifs is 1. The third-order valence-corrected chi connectivity index (χ3v) is 7.07. The van der Waals surface area contributed by atoms with E-state index in [1.54, 1.807) is 30.5 Å². The van der Waals surface area contributed by atoms with Crippen molar-refractivity contribution in [1.82, 2.24) is 10.3 Å². The zero-order chi connectivity index (χ0) is 25.3. The fraction of sp³-hybridized carbons (Fsp3) is 0.308. The number of ether oxygens (including phenoxy) is 2. The summed E-state index contributed by atoms with van der Waals surface area (Å²) in [5, 5.41) is 16.9. The highest BCUT2D eigenvalue weighted by Crippen LogP contribution is 2.34. The average Bonchev–Trinajstić information content (AvgIpc) is 3.29. The average molecular weight is 507 g/mol. The SMILES string of the molecule is C[C@@]1(C#N)COCc2ccc(C(=O)NCC(=O)Nc3nc(-c4cc(F)cc(C5CCO5)c4)cs3)cc21. The summed E-state index contributed by atoms with van der Waals surface area (Å²) >= 11 is 1.21. The fourth-order valence-corrected chi connectivity index (χ4v) is 4.96. The maximum atomic E-state index is 14.1. The summed E-state index contributed by atoms with van der Waals surface area (Å²) in [6.45, 7) is 2.82. The van der Waals surface area contributed by atoms with Crippen molar-refractivity contribution in [3.63, 3.8) is 0 Å². The number of halogens is 1. The normalized spacial score (nSPS) is 20.5. The Morgan fingerprint density at radius 2 is 2.14 bits per heavy atom. The number of aromatic nitrogens is 1. The summed E-state index contributed by atoms with van der Waals surface area (Å²) in [5.74, 6) is -1.24. The van der Waals surface area contributed by atoms with Crippen molar-refractivity contribution < 1.29 is 23.5 Å². The number of hydrogen-bond acceptors (Lipinski definition) is 7. The van der Waals surface area contributed by atoms with Gasteiger partial charge in [-0.1, -0.05) is 6.07 Å². The second-order valence-corrected chi connectivity index (χ2v) is 9.86. The maximum absolute atomic E-state index is 14.1. The molecule has 2 aromatic carbocycles. The van der Waals surface area contributed by atoms with E-state index >= 15 is 0 Å². The van der Waals surface area contributed by atoms with E-state index in [0.717, 1.165) is 23.1 Å². The van der Waals surface area contributed by atoms with Gasteiger partial charge < -0.3 is 20.1 Å². The molecule has 2 aliphatic heterocycles. The number of amides is 2. The Bertz CT molecular complexity index is 1380. The molecule has 0 saturated carbocycles. The molecular weight excluding hydrogens is 483 g/mol. The van der Waals surface area contributed by atoms with Gasteiger partial charge in [-0.2, -0.15) is 5.26 Å². The minimum atomic E-state index is -0.836. The Morgan fingerprint density at radius 3 is 2.89 bits per heavy atom. The maximum Gasteiger partial charge on any atom is 0.251 e. The number of rotatable bonds is 6. The highest BCUT2D eigenvalue weighted by molar-refractivity contribution is 7.14. The lowest BCUT2D eigenvalue weighted by Crippen LogP contribution is -2.34. The molecule has 1 aromatic heterocycles. The lowest BCUT2D eigenvalue weighted by atomic mass is 9.79. The van der Waals surface area contributed by atoms with Crippen molar-refractivity contribution in [1.29, 1.82) is 5.26 Å². The molecule has 1 unspecified atom stereocenters. The fourth-order valence-electron chi connectivity index (χ4n) is 4.23. The van der Waals surface area contributed by atoms with Crippen molar-refractivity contribution in [2.75, 3.05) is 25.1 Å². The Hall–Kier alpha value is -3.65. The molecule has 10 heteroatoms. The summed E-state index contributed by atoms with van der Waals surface area (Å²) < 4.78 is 25.1. The third-order valence-electron chi connectivity index (χ3n) is 6.31. The van der Waals surface area contributed by atoms with E-state index in [4.69, 9.17) is 9.47 Å². The first-order valence-electron chi connectivity index (χ1n) is 11.4. The van der Waals surface area contributed by atoms with Crippen LogP contribution >= 0.6 is 11.3 Å². The Labute approximate surface area is 211 Å². The van der Waals surface area contributed by atoms with Crippen LogP contribution in [0.25, 0.3) is 11.3 Å². The van der Waals surface area contributed by atoms with Gasteiger partial charge in [0.25, 0.3) is 5.91 Å². The molecule has 3 heterocycles. The van der Waals surface area contributed by atoms with Gasteiger partial charge in [-0.15, -0.1) is 11.3 Å². The Balaban J connectivity index is 1.21. The van der Waals surface area contributed by atoms with E-state index in [-0.39, 0.29) is 25.1 Å². The molecule has 2 N–H and O–H groups in total. The first-order chi connectivity index (χ1) is 17.3. The number of nitrogens with zero attached hydrogens (tertiary/aromatic N) is 2. The number of carbonyl (C=O) groups excluding carboxylic acids is 2. The van der Waals surface area contributed by atoms with Gasteiger partial charge in [0.05, 0.1) is 44.2 Å². The molecule has 8 nitrogen and oxygen atoms in total. The van der Waals surface area contributed by atoms with Crippen molar-refractivity contribution in [2.45, 2.75) is 31.5 Å². The number of anilines is 1. The summed E-state index contributed by atoms with van der Waals surface area (Å²) in [5.41, 5.74) is 3.06. The van der Waals surface area contributed by atoms with Gasteiger partial charge in [0.2, 0.25) is 5.91 Å². The van der Waals surface area contributed by atoms with Gasteiger partial charge in [0, 0.05) is 22.9 Å². The molecule has 36 heavy (non-hydrogen) atoms. The van der Waals surface area contributed by atoms with Gasteiger partial charge in [0.1, 0.15) is 11.2 Å². The lowest BCUT2D eigenvalue weighted by molar-refractivity contribution is -0.115. The van der Waals surface area contributed by atoms with Gasteiger partial charge in [-0.25, -0.2) is 9.37 Å². The van der Waals surface area contributed by atoms with Crippen molar-refractivity contribution in [3.8, 4) is 17.3 Å². The van der Waals surface area contributed by atoms with Gasteiger partial charge >= 0.3 is 0 Å². The van der Waals surface area contributed by atoms with Crippen LogP contribution < -0.4 is 10.6 Å². The number of nitrogens with one attached hydrogen (secondary N) is 2. The van der Waals surface area contributed by atoms with E-state index in [1.807, 2.05) is 6.07 Å². The van der Waals surface area contributed by atoms with Crippen LogP contribution in [0.2, 0.25) is 0 Å². The highest BCUT2D eigenvalue weighted by atomic mass is 32.1. The smallest absolute Gasteiger partial charge is 0.251 e. The van der Waals surface area contributed by atoms with Crippen molar-refractivity contribution >= 4 is 28.3 Å². The number of benzene rings is 2. The molecular formula is C26H23FN4O4S. The summed E-state index contributed by atoms with van der Waals surface area (Å²) in [7, 11) is 0. The zero-order valence-corrected chi connectivity index (χ0v) is 20.3. The lowest BCUT2D eigenvalue weighted by Gasteiger charge is -2.30. The number of thiazole rings is 1. The quantitative estimate of drug-likeness (QED) is 0.521. The standard InChI is InChI=1S/C26H23FN4O4S/c1-26(13-28)14-34-11-16-3-2-15(9-20(16)26)24(33)29-10-23(32)31-25-30-21(12-36-25)17-6-18(8-19(27)7-17)22-4-5-35-22/h2-3,6-9,12,22H,4-5,10-11,14H2,1H3,(H,29,33)(H,30,31,32)/t22?,26-/m1/s1. The molecule has 1 saturated heterocycles. The van der Waals surface area contributed by atoms with E-state index < -0.39 is 17.2 Å². The molecule has 0 spiro atoms. The summed E-state index contributed by atoms with van der Waals surface area (Å²) in [6.07, 6.45) is 0.753. The van der Waals surface area contributed by atoms with Crippen LogP contribution in [-0.4, -0.2) is 36.6 Å². The molecule has 2 aliphatic rings. The molecule has 2 amide bonds. The van der Waals surface area contributed by atoms with E-state index in [2.05, 4.69) is 21.7 Å². The number of carbonyl (C=O) groups is 2. The molecule has 3 aromatic rings. The molecule has 0 radical (unpaired) electrons. The molecule has 184 valence electrons. The van der Waals surface area contributed by atoms with Gasteiger partial charge in [-0.05, 0) is 53.9 Å². The second-order valence-electron chi connectivity index (χ2n) is 9.00. The summed E-state index contributed by atoms with van der Waals surface area (Å²) in [6, 6.07) is 12.1. The molecule has 1 fully saturated rings. The summed E-state index contributed by atoms with van der Waals surface area (Å²) in [4.78, 5) is 29.5. The van der Waals surface area contributed by atoms with Crippen LogP contribution in [0.4, 0.5) is 9.52 Å². The predicted octanol–water partition coefficient (Wildman–Crippen LogP) is 4.09. The molecule has 0 bridgehead atoms. The van der Waals surface area contributed by atoms with Gasteiger partial charge in [-0.3, -0.25) is 9.59 Å². The molecule has 2 atom stereocenters. The minimum absolute atomic E-state index is 0.0991. The highest BCUT2D eigenvalue weighted by Gasteiger charge is 2.33. The van der Waals surface area contributed by atoms with E-state index in [1.165, 1.54) is 23.5 Å². The van der Waals surface area contributed by atoms with Crippen molar-refractivity contribution in [3.05, 3.63) is 69.8 Å². The monoisotopic (exact) mass is 506 g/mol. The number of hydrogen-bond donors (Lipinski definition) is 2. The zero-order valence-electron chi connectivity index (χ0n) is 19.5. The van der Waals surface area contributed by atoms with Crippen LogP contribution in [0.15, 0.2) is 41.8 Å². The van der Waals surface area contributed by atoms with Crippen LogP contribution in [0, 0.1) is 17.1 Å². The topological polar surface area (TPSA) is 113 Å². The van der Waals surface area contributed by atoms with Crippen molar-refractivity contribution in [2.24, 2.45) is 0 Å². The Morgan fingerprint density at radius 1 is 1.31 bits per heavy atom. The second kappa shape index (κ2) is 9.78. The van der Waals surface area contributed by atoms with E-state index in [0.29, 0.717) is 35.2 Å². The first kappa shape index (κ1) is 24.1. The first-order valence-corrected chi connectivity index (χ1v) is 12.3. The Kier molecular flexibility index (Phi) is 6.53. The molecule has 5 rings (SSSR count). The van der Waals surface area contributed by atoms with E-state index in [9.17, 15) is 19.2 Å². The largest absolute Gasteiger partial charge is 0.375 e. The minimum Gasteiger partial charge on any atom is -0.375 e. The predicted molar refractivity (Wildman–Crippen MR) is 131 cm³/mol. The van der Waals surface area contributed by atoms with Crippen LogP contribution in [0.1, 0.15) is 46.5 Å². The van der Waals surface area contributed by atoms with Gasteiger partial charge in [0.15, 0.2) is 5.13 Å². The van der Waals surface area contributed by atoms with Crippen LogP contribution in [0.3, 0.4) is 0 Å². The van der Waals surface area contributed by atoms with Crippen LogP contribution in [-0.2, 0) is 26.3 Å². The third kappa shape index (κ3) is 4.86. The molecule has 0 aliphatic carbocycles.